The Bertz CT molecular complexity index is 1390. The number of methoxy groups -OCH3 is 3. The number of anilines is 1. The number of rotatable bonds is 12. The number of nitrogens with zero attached hydrogens (tertiary/aromatic N) is 3. The van der Waals surface area contributed by atoms with Crippen molar-refractivity contribution in [3.8, 4) is 28.6 Å². The van der Waals surface area contributed by atoms with E-state index in [1.807, 2.05) is 42.7 Å². The van der Waals surface area contributed by atoms with Crippen LogP contribution in [0.4, 0.5) is 10.5 Å². The van der Waals surface area contributed by atoms with E-state index in [-0.39, 0.29) is 0 Å². The second kappa shape index (κ2) is 14.8. The lowest BCUT2D eigenvalue weighted by atomic mass is 10.0. The number of thioether (sulfide) groups is 1. The molecule has 0 saturated carbocycles. The van der Waals surface area contributed by atoms with Gasteiger partial charge in [0.25, 0.3) is 8.32 Å². The molecule has 1 amide bonds. The van der Waals surface area contributed by atoms with E-state index in [0.717, 1.165) is 16.8 Å². The third kappa shape index (κ3) is 7.53. The van der Waals surface area contributed by atoms with Crippen molar-refractivity contribution in [1.29, 1.82) is 0 Å². The average Bonchev–Trinajstić information content (AvgIpc) is 3.42. The summed E-state index contributed by atoms with van der Waals surface area (Å²) < 4.78 is 28.8. The minimum Gasteiger partial charge on any atom is -0.540 e. The van der Waals surface area contributed by atoms with E-state index in [4.69, 9.17) is 23.2 Å². The molecule has 1 atom stereocenters. The van der Waals surface area contributed by atoms with Gasteiger partial charge in [0.05, 0.1) is 21.3 Å². The molecule has 3 aromatic rings. The number of amides is 1. The van der Waals surface area contributed by atoms with E-state index in [1.54, 1.807) is 21.1 Å². The third-order valence-electron chi connectivity index (χ3n) is 7.61. The van der Waals surface area contributed by atoms with Crippen LogP contribution in [0.5, 0.6) is 17.2 Å². The molecule has 3 rings (SSSR count). The van der Waals surface area contributed by atoms with Crippen molar-refractivity contribution in [3.63, 3.8) is 0 Å². The van der Waals surface area contributed by atoms with Crippen LogP contribution in [0.3, 0.4) is 0 Å². The predicted molar refractivity (Wildman–Crippen MR) is 175 cm³/mol. The first kappa shape index (κ1) is 34.0. The molecule has 0 bridgehead atoms. The van der Waals surface area contributed by atoms with Crippen LogP contribution in [-0.4, -0.2) is 57.2 Å². The zero-order valence-corrected chi connectivity index (χ0v) is 28.8. The summed E-state index contributed by atoms with van der Waals surface area (Å²) in [5, 5.41) is 8.05. The molecule has 1 heterocycles. The number of aliphatic imine (C=N–C) groups is 1. The summed E-state index contributed by atoms with van der Waals surface area (Å²) in [5.41, 5.74) is 3.39. The molecule has 0 aliphatic carbocycles. The molecule has 2 aromatic carbocycles. The molecular weight excluding hydrogens is 585 g/mol. The molecule has 0 radical (unpaired) electrons. The summed E-state index contributed by atoms with van der Waals surface area (Å²) in [6.07, 6.45) is 1.17. The van der Waals surface area contributed by atoms with Crippen molar-refractivity contribution in [2.75, 3.05) is 32.9 Å². The van der Waals surface area contributed by atoms with Crippen molar-refractivity contribution < 1.29 is 28.0 Å². The summed E-state index contributed by atoms with van der Waals surface area (Å²) in [5.74, 6) is 2.65. The molecule has 43 heavy (non-hydrogen) atoms. The number of ether oxygens (including phenoxy) is 3. The van der Waals surface area contributed by atoms with Crippen molar-refractivity contribution in [3.05, 3.63) is 47.9 Å². The lowest BCUT2D eigenvalue weighted by molar-refractivity contribution is 0.182. The van der Waals surface area contributed by atoms with Crippen LogP contribution in [0.1, 0.15) is 59.0 Å². The van der Waals surface area contributed by atoms with Gasteiger partial charge in [-0.15, -0.1) is 11.8 Å². The van der Waals surface area contributed by atoms with Crippen molar-refractivity contribution in [2.24, 2.45) is 4.99 Å². The monoisotopic (exact) mass is 628 g/mol. The second-order valence-corrected chi connectivity index (χ2v) is 17.3. The van der Waals surface area contributed by atoms with Gasteiger partial charge in [-0.1, -0.05) is 46.7 Å². The smallest absolute Gasteiger partial charge is 0.434 e. The van der Waals surface area contributed by atoms with Crippen LogP contribution >= 0.6 is 11.8 Å². The van der Waals surface area contributed by atoms with Gasteiger partial charge in [-0.2, -0.15) is 9.98 Å². The second-order valence-electron chi connectivity index (χ2n) is 11.1. The molecule has 0 spiro atoms. The van der Waals surface area contributed by atoms with E-state index in [9.17, 15) is 4.79 Å². The first-order valence-electron chi connectivity index (χ1n) is 14.2. The Labute approximate surface area is 260 Å². The number of nitrogens with one attached hydrogen (secondary N) is 1. The zero-order valence-electron chi connectivity index (χ0n) is 27.0. The summed E-state index contributed by atoms with van der Waals surface area (Å²) in [6.45, 7) is 15.2. The Morgan fingerprint density at radius 3 is 2.02 bits per heavy atom. The van der Waals surface area contributed by atoms with Crippen molar-refractivity contribution in [2.45, 2.75) is 71.1 Å². The number of carbonyl (C=O) groups excluding carboxylic acids is 1. The maximum absolute atomic E-state index is 12.3. The lowest BCUT2D eigenvalue weighted by Gasteiger charge is -2.42. The van der Waals surface area contributed by atoms with E-state index in [1.165, 1.54) is 18.9 Å². The highest BCUT2D eigenvalue weighted by Gasteiger charge is 2.47. The van der Waals surface area contributed by atoms with Crippen LogP contribution < -0.4 is 19.2 Å². The Hall–Kier alpha value is -3.51. The Balaban J connectivity index is 2.19. The standard InChI is InChI=1S/C31H44N4O6SSi/c1-18(2)43(19(3)4,20(5)6)41-26-17-23(16-25(37-8)28(26)38-9)27(30(42-11)34-31(36)39-10)33-24-14-12-22(13-15-24)29-32-21(7)40-35-29/h12-20,27,33H,1-11H3. The van der Waals surface area contributed by atoms with Gasteiger partial charge in [-0.05, 0) is 64.8 Å². The highest BCUT2D eigenvalue weighted by Crippen LogP contribution is 2.48. The highest BCUT2D eigenvalue weighted by atomic mass is 32.2. The number of carbonyl (C=O) groups is 1. The number of hydrogen-bond donors (Lipinski definition) is 1. The van der Waals surface area contributed by atoms with E-state index < -0.39 is 20.5 Å². The summed E-state index contributed by atoms with van der Waals surface area (Å²) in [6, 6.07) is 10.9. The maximum atomic E-state index is 12.3. The predicted octanol–water partition coefficient (Wildman–Crippen LogP) is 8.30. The zero-order chi connectivity index (χ0) is 31.9. The molecule has 0 fully saturated rings. The molecule has 1 aromatic heterocycles. The van der Waals surface area contributed by atoms with Crippen LogP contribution in [0.15, 0.2) is 45.9 Å². The average molecular weight is 629 g/mol. The molecule has 234 valence electrons. The first-order chi connectivity index (χ1) is 20.4. The van der Waals surface area contributed by atoms with Crippen LogP contribution in [0, 0.1) is 6.92 Å². The number of benzene rings is 2. The fraction of sp³-hybridized carbons (Fsp3) is 0.484. The summed E-state index contributed by atoms with van der Waals surface area (Å²) in [4.78, 5) is 20.9. The lowest BCUT2D eigenvalue weighted by Crippen LogP contribution is -2.50. The van der Waals surface area contributed by atoms with Gasteiger partial charge < -0.3 is 28.5 Å². The molecule has 0 saturated heterocycles. The number of hydrogen-bond acceptors (Lipinski definition) is 10. The van der Waals surface area contributed by atoms with Gasteiger partial charge in [-0.3, -0.25) is 0 Å². The fourth-order valence-corrected chi connectivity index (χ4v) is 11.5. The Morgan fingerprint density at radius 1 is 0.953 bits per heavy atom. The quantitative estimate of drug-likeness (QED) is 0.119. The van der Waals surface area contributed by atoms with Crippen molar-refractivity contribution >= 4 is 36.9 Å². The van der Waals surface area contributed by atoms with E-state index in [0.29, 0.717) is 50.6 Å². The largest absolute Gasteiger partial charge is 0.540 e. The SMILES string of the molecule is COC(=O)N=C(SC)C(Nc1ccc(-c2noc(C)n2)cc1)c1cc(OC)c(OC)c(O[Si](C(C)C)(C(C)C)C(C)C)c1. The first-order valence-corrected chi connectivity index (χ1v) is 17.6. The highest BCUT2D eigenvalue weighted by molar-refractivity contribution is 8.13. The van der Waals surface area contributed by atoms with Gasteiger partial charge in [0.1, 0.15) is 11.1 Å². The third-order valence-corrected chi connectivity index (χ3v) is 14.3. The Kier molecular flexibility index (Phi) is 11.7. The van der Waals surface area contributed by atoms with E-state index >= 15 is 0 Å². The van der Waals surface area contributed by atoms with Gasteiger partial charge in [0.2, 0.25) is 17.5 Å². The fourth-order valence-electron chi connectivity index (χ4n) is 5.69. The summed E-state index contributed by atoms with van der Waals surface area (Å²) >= 11 is 1.35. The molecular formula is C31H44N4O6SSi. The number of aryl methyl sites for hydroxylation is 1. The van der Waals surface area contributed by atoms with Crippen molar-refractivity contribution in [1.82, 2.24) is 10.1 Å². The normalized spacial score (nSPS) is 12.9. The molecule has 1 N–H and O–H groups in total. The molecule has 10 nitrogen and oxygen atoms in total. The molecule has 12 heteroatoms. The van der Waals surface area contributed by atoms with Gasteiger partial charge in [-0.25, -0.2) is 4.79 Å². The van der Waals surface area contributed by atoms with Gasteiger partial charge in [0, 0.05) is 18.2 Å². The van der Waals surface area contributed by atoms with Gasteiger partial charge in [0.15, 0.2) is 11.5 Å². The minimum absolute atomic E-state index is 0.338. The van der Waals surface area contributed by atoms with Crippen LogP contribution in [0.25, 0.3) is 11.4 Å². The maximum Gasteiger partial charge on any atom is 0.434 e. The minimum atomic E-state index is -2.37. The molecule has 1 unspecified atom stereocenters. The molecule has 0 aliphatic rings. The molecule has 0 aliphatic heterocycles. The summed E-state index contributed by atoms with van der Waals surface area (Å²) in [7, 11) is 2.15. The van der Waals surface area contributed by atoms with E-state index in [2.05, 4.69) is 62.0 Å². The Morgan fingerprint density at radius 2 is 1.56 bits per heavy atom. The van der Waals surface area contributed by atoms with Crippen LogP contribution in [0.2, 0.25) is 16.6 Å². The topological polar surface area (TPSA) is 117 Å². The van der Waals surface area contributed by atoms with Crippen LogP contribution in [-0.2, 0) is 4.74 Å². The van der Waals surface area contributed by atoms with Gasteiger partial charge >= 0.3 is 6.09 Å². The number of aromatic nitrogens is 2.